The van der Waals surface area contributed by atoms with E-state index in [9.17, 15) is 19.7 Å². The van der Waals surface area contributed by atoms with Crippen LogP contribution in [0.1, 0.15) is 12.8 Å². The van der Waals surface area contributed by atoms with E-state index in [0.29, 0.717) is 11.6 Å². The van der Waals surface area contributed by atoms with Gasteiger partial charge in [0.25, 0.3) is 5.70 Å². The molecule has 1 N–H and O–H groups in total. The van der Waals surface area contributed by atoms with Crippen LogP contribution in [0.3, 0.4) is 0 Å². The number of carbonyl (C=O) groups is 2. The first kappa shape index (κ1) is 11.9. The van der Waals surface area contributed by atoms with Crippen molar-refractivity contribution in [3.8, 4) is 0 Å². The van der Waals surface area contributed by atoms with Gasteiger partial charge in [-0.2, -0.15) is 0 Å². The molecule has 8 heteroatoms. The number of hydrogen-bond acceptors (Lipinski definition) is 7. The number of carbonyl (C=O) groups excluding carboxylic acids is 2. The van der Waals surface area contributed by atoms with Crippen LogP contribution in [0, 0.1) is 16.0 Å². The maximum absolute atomic E-state index is 11.4. The molecule has 2 rings (SSSR count). The summed E-state index contributed by atoms with van der Waals surface area (Å²) in [5.74, 6) is -1.86. The molecule has 0 aromatic heterocycles. The highest BCUT2D eigenvalue weighted by Crippen LogP contribution is 2.31. The van der Waals surface area contributed by atoms with Crippen molar-refractivity contribution in [1.29, 1.82) is 0 Å². The third-order valence-electron chi connectivity index (χ3n) is 2.48. The maximum atomic E-state index is 11.4. The fourth-order valence-corrected chi connectivity index (χ4v) is 2.78. The number of ether oxygens (including phenoxy) is 1. The summed E-state index contributed by atoms with van der Waals surface area (Å²) in [4.78, 5) is 32.7. The molecule has 2 fully saturated rings. The number of nitrogens with zero attached hydrogens (tertiary/aromatic N) is 1. The van der Waals surface area contributed by atoms with Crippen LogP contribution in [0.15, 0.2) is 10.7 Å². The molecule has 7 nitrogen and oxygen atoms in total. The first-order valence-corrected chi connectivity index (χ1v) is 6.08. The smallest absolute Gasteiger partial charge is 0.328 e. The van der Waals surface area contributed by atoms with Crippen LogP contribution in [-0.4, -0.2) is 29.2 Å². The number of nitro groups is 1. The van der Waals surface area contributed by atoms with Crippen molar-refractivity contribution < 1.29 is 19.2 Å². The van der Waals surface area contributed by atoms with E-state index in [4.69, 9.17) is 0 Å². The SMILES string of the molecule is O=C1CC(/C(=C2/NCCCS2)[N+](=O)[O-])C(=O)O1. The minimum Gasteiger partial charge on any atom is -0.392 e. The van der Waals surface area contributed by atoms with Gasteiger partial charge in [0.1, 0.15) is 5.03 Å². The number of rotatable bonds is 2. The molecule has 0 saturated carbocycles. The Morgan fingerprint density at radius 2 is 2.29 bits per heavy atom. The van der Waals surface area contributed by atoms with E-state index >= 15 is 0 Å². The van der Waals surface area contributed by atoms with Crippen LogP contribution in [0.25, 0.3) is 0 Å². The lowest BCUT2D eigenvalue weighted by atomic mass is 10.0. The van der Waals surface area contributed by atoms with E-state index in [2.05, 4.69) is 10.1 Å². The van der Waals surface area contributed by atoms with Gasteiger partial charge in [-0.05, 0) is 6.42 Å². The molecule has 0 amide bonds. The Balaban J connectivity index is 2.31. The average molecular weight is 258 g/mol. The van der Waals surface area contributed by atoms with Crippen molar-refractivity contribution in [1.82, 2.24) is 5.32 Å². The second kappa shape index (κ2) is 4.74. The van der Waals surface area contributed by atoms with Crippen molar-refractivity contribution in [2.75, 3.05) is 12.3 Å². The third-order valence-corrected chi connectivity index (χ3v) is 3.62. The van der Waals surface area contributed by atoms with Gasteiger partial charge in [-0.3, -0.25) is 19.7 Å². The Labute approximate surface area is 101 Å². The van der Waals surface area contributed by atoms with Crippen LogP contribution in [0.5, 0.6) is 0 Å². The zero-order chi connectivity index (χ0) is 12.4. The van der Waals surface area contributed by atoms with Crippen LogP contribution >= 0.6 is 11.8 Å². The Morgan fingerprint density at radius 3 is 2.76 bits per heavy atom. The highest BCUT2D eigenvalue weighted by molar-refractivity contribution is 8.03. The van der Waals surface area contributed by atoms with E-state index < -0.39 is 22.8 Å². The lowest BCUT2D eigenvalue weighted by Gasteiger charge is -2.17. The Hall–Kier alpha value is -1.57. The van der Waals surface area contributed by atoms with Crippen LogP contribution < -0.4 is 5.32 Å². The summed E-state index contributed by atoms with van der Waals surface area (Å²) in [6, 6.07) is 0. The topological polar surface area (TPSA) is 98.5 Å². The Bertz CT molecular complexity index is 412. The van der Waals surface area contributed by atoms with Crippen molar-refractivity contribution in [2.45, 2.75) is 12.8 Å². The van der Waals surface area contributed by atoms with Crippen LogP contribution in [0.4, 0.5) is 0 Å². The first-order valence-electron chi connectivity index (χ1n) is 5.09. The summed E-state index contributed by atoms with van der Waals surface area (Å²) in [6.45, 7) is 0.634. The van der Waals surface area contributed by atoms with Gasteiger partial charge in [-0.1, -0.05) is 0 Å². The Morgan fingerprint density at radius 1 is 1.53 bits per heavy atom. The van der Waals surface area contributed by atoms with Crippen molar-refractivity contribution in [3.05, 3.63) is 20.8 Å². The second-order valence-electron chi connectivity index (χ2n) is 3.65. The average Bonchev–Trinajstić information content (AvgIpc) is 2.59. The fraction of sp³-hybridized carbons (Fsp3) is 0.556. The van der Waals surface area contributed by atoms with Gasteiger partial charge in [-0.25, -0.2) is 0 Å². The minimum absolute atomic E-state index is 0.245. The van der Waals surface area contributed by atoms with Crippen molar-refractivity contribution in [2.24, 2.45) is 5.92 Å². The molecule has 0 aromatic rings. The van der Waals surface area contributed by atoms with Gasteiger partial charge in [0.2, 0.25) is 0 Å². The Kier molecular flexibility index (Phi) is 3.32. The summed E-state index contributed by atoms with van der Waals surface area (Å²) in [5, 5.41) is 14.3. The van der Waals surface area contributed by atoms with Gasteiger partial charge < -0.3 is 10.1 Å². The molecule has 2 heterocycles. The van der Waals surface area contributed by atoms with Gasteiger partial charge in [0, 0.05) is 12.3 Å². The second-order valence-corrected chi connectivity index (χ2v) is 4.76. The molecular formula is C9H10N2O5S. The quantitative estimate of drug-likeness (QED) is 0.328. The van der Waals surface area contributed by atoms with E-state index in [0.717, 1.165) is 12.2 Å². The zero-order valence-corrected chi connectivity index (χ0v) is 9.62. The first-order chi connectivity index (χ1) is 8.09. The minimum atomic E-state index is -1.08. The molecule has 0 spiro atoms. The molecule has 0 aromatic carbocycles. The molecule has 2 aliphatic heterocycles. The number of hydrogen-bond donors (Lipinski definition) is 1. The third kappa shape index (κ3) is 2.41. The summed E-state index contributed by atoms with van der Waals surface area (Å²) < 4.78 is 4.34. The van der Waals surface area contributed by atoms with Crippen LogP contribution in [-0.2, 0) is 14.3 Å². The molecule has 0 radical (unpaired) electrons. The van der Waals surface area contributed by atoms with Gasteiger partial charge in [0.05, 0.1) is 11.3 Å². The monoisotopic (exact) mass is 258 g/mol. The molecule has 1 atom stereocenters. The number of esters is 2. The number of nitrogens with one attached hydrogen (secondary N) is 1. The largest absolute Gasteiger partial charge is 0.392 e. The molecular weight excluding hydrogens is 248 g/mol. The predicted molar refractivity (Wildman–Crippen MR) is 58.3 cm³/mol. The van der Waals surface area contributed by atoms with Gasteiger partial charge in [0.15, 0.2) is 5.92 Å². The van der Waals surface area contributed by atoms with Gasteiger partial charge in [-0.15, -0.1) is 11.8 Å². The van der Waals surface area contributed by atoms with E-state index in [1.807, 2.05) is 0 Å². The van der Waals surface area contributed by atoms with Crippen molar-refractivity contribution >= 4 is 23.7 Å². The lowest BCUT2D eigenvalue weighted by Crippen LogP contribution is -2.27. The molecule has 17 heavy (non-hydrogen) atoms. The van der Waals surface area contributed by atoms with E-state index in [1.165, 1.54) is 11.8 Å². The number of thioether (sulfide) groups is 1. The molecule has 2 saturated heterocycles. The zero-order valence-electron chi connectivity index (χ0n) is 8.80. The molecule has 1 unspecified atom stereocenters. The molecule has 2 aliphatic rings. The van der Waals surface area contributed by atoms with Crippen molar-refractivity contribution in [3.63, 3.8) is 0 Å². The summed E-state index contributed by atoms with van der Waals surface area (Å²) in [6.07, 6.45) is 0.661. The fourth-order valence-electron chi connectivity index (χ4n) is 1.72. The van der Waals surface area contributed by atoms with E-state index in [-0.39, 0.29) is 12.1 Å². The lowest BCUT2D eigenvalue weighted by molar-refractivity contribution is -0.432. The molecule has 0 aliphatic carbocycles. The van der Waals surface area contributed by atoms with Gasteiger partial charge >= 0.3 is 11.9 Å². The summed E-state index contributed by atoms with van der Waals surface area (Å²) >= 11 is 1.30. The van der Waals surface area contributed by atoms with Crippen LogP contribution in [0.2, 0.25) is 0 Å². The summed E-state index contributed by atoms with van der Waals surface area (Å²) in [5.41, 5.74) is -0.245. The highest BCUT2D eigenvalue weighted by Gasteiger charge is 2.44. The number of cyclic esters (lactones) is 2. The standard InChI is InChI=1S/C9H10N2O5S/c12-6-4-5(9(13)16-6)7(11(14)15)8-10-2-1-3-17-8/h5,10H,1-4H2/b8-7+. The summed E-state index contributed by atoms with van der Waals surface area (Å²) in [7, 11) is 0. The predicted octanol–water partition coefficient (Wildman–Crippen LogP) is 0.248. The molecule has 92 valence electrons. The maximum Gasteiger partial charge on any atom is 0.328 e. The normalized spacial score (nSPS) is 27.4. The molecule has 0 bridgehead atoms. The highest BCUT2D eigenvalue weighted by atomic mass is 32.2. The van der Waals surface area contributed by atoms with E-state index in [1.54, 1.807) is 0 Å².